The molecule has 0 bridgehead atoms. The van der Waals surface area contributed by atoms with Crippen LogP contribution >= 0.6 is 39.5 Å². The zero-order chi connectivity index (χ0) is 46.8. The lowest BCUT2D eigenvalue weighted by atomic mass is 10.1. The molecule has 0 unspecified atom stereocenters. The highest BCUT2D eigenvalue weighted by Crippen LogP contribution is 2.34. The Kier molecular flexibility index (Phi) is 19.5. The maximum atomic E-state index is 13.0. The van der Waals surface area contributed by atoms with Crippen molar-refractivity contribution >= 4 is 85.0 Å². The normalized spacial score (nSPS) is 14.3. The molecule has 0 saturated carbocycles. The van der Waals surface area contributed by atoms with E-state index in [9.17, 15) is 35.9 Å². The molecule has 0 radical (unpaired) electrons. The minimum absolute atomic E-state index is 0.0221. The van der Waals surface area contributed by atoms with Crippen LogP contribution in [0.2, 0.25) is 0 Å². The van der Waals surface area contributed by atoms with Crippen molar-refractivity contribution in [3.63, 3.8) is 0 Å². The molecule has 0 amide bonds. The van der Waals surface area contributed by atoms with Crippen LogP contribution in [0.4, 0.5) is 48.7 Å². The molecule has 0 aliphatic carbocycles. The number of hydrogen-bond acceptors (Lipinski definition) is 12. The van der Waals surface area contributed by atoms with Crippen molar-refractivity contribution in [2.45, 2.75) is 38.0 Å². The third kappa shape index (κ3) is 16.6. The number of aromatic nitrogens is 1. The van der Waals surface area contributed by atoms with Crippen molar-refractivity contribution in [1.29, 1.82) is 0 Å². The number of ether oxygens (including phenoxy) is 2. The molecule has 19 heteroatoms. The molecule has 3 N–H and O–H groups in total. The van der Waals surface area contributed by atoms with Gasteiger partial charge in [0.15, 0.2) is 10.9 Å². The van der Waals surface area contributed by atoms with Gasteiger partial charge in [-0.25, -0.2) is 4.98 Å². The summed E-state index contributed by atoms with van der Waals surface area (Å²) in [6.45, 7) is 7.98. The Morgan fingerprint density at radius 1 is 0.769 bits per heavy atom. The quantitative estimate of drug-likeness (QED) is 0.0325. The lowest BCUT2D eigenvalue weighted by Crippen LogP contribution is -2.25. The number of carbonyl (C=O) groups excluding carboxylic acids is 2. The molecule has 346 valence electrons. The molecule has 10 nitrogen and oxygen atoms in total. The molecular formula is C46H47BrF6N6O4S2. The van der Waals surface area contributed by atoms with E-state index in [4.69, 9.17) is 15.2 Å². The lowest BCUT2D eigenvalue weighted by molar-refractivity contribution is -0.138. The van der Waals surface area contributed by atoms with E-state index in [-0.39, 0.29) is 32.9 Å². The summed E-state index contributed by atoms with van der Waals surface area (Å²) < 4.78 is 87.0. The molecule has 2 aliphatic rings. The van der Waals surface area contributed by atoms with Crippen molar-refractivity contribution in [3.05, 3.63) is 124 Å². The molecule has 7 rings (SSSR count). The number of alkyl halides is 7. The number of nitrogens with zero attached hydrogens (tertiary/aromatic N) is 4. The fourth-order valence-electron chi connectivity index (χ4n) is 6.56. The molecular weight excluding hydrogens is 959 g/mol. The Morgan fingerprint density at radius 2 is 1.26 bits per heavy atom. The lowest BCUT2D eigenvalue weighted by Gasteiger charge is -2.15. The van der Waals surface area contributed by atoms with Gasteiger partial charge < -0.3 is 20.5 Å². The smallest absolute Gasteiger partial charge is 0.416 e. The van der Waals surface area contributed by atoms with Crippen LogP contribution in [0, 0.1) is 0 Å². The van der Waals surface area contributed by atoms with Crippen LogP contribution in [-0.2, 0) is 12.4 Å². The number of benzene rings is 4. The van der Waals surface area contributed by atoms with Crippen LogP contribution in [0.15, 0.2) is 102 Å². The van der Waals surface area contributed by atoms with E-state index in [1.807, 2.05) is 48.5 Å². The second kappa shape index (κ2) is 24.9. The average molecular weight is 1010 g/mol. The Bertz CT molecular complexity index is 2330. The van der Waals surface area contributed by atoms with Crippen LogP contribution < -0.4 is 20.5 Å². The number of thiazole rings is 1. The Labute approximate surface area is 391 Å². The summed E-state index contributed by atoms with van der Waals surface area (Å²) in [5.41, 5.74) is 5.77. The van der Waals surface area contributed by atoms with Crippen molar-refractivity contribution in [3.8, 4) is 11.5 Å². The Hall–Kier alpha value is -5.21. The zero-order valence-corrected chi connectivity index (χ0v) is 38.3. The van der Waals surface area contributed by atoms with Gasteiger partial charge >= 0.3 is 12.4 Å². The number of rotatable bonds is 16. The van der Waals surface area contributed by atoms with Crippen molar-refractivity contribution < 1.29 is 45.4 Å². The summed E-state index contributed by atoms with van der Waals surface area (Å²) >= 11 is 8.57. The Morgan fingerprint density at radius 3 is 1.75 bits per heavy atom. The van der Waals surface area contributed by atoms with Gasteiger partial charge in [-0.1, -0.05) is 63.8 Å². The van der Waals surface area contributed by atoms with E-state index in [2.05, 4.69) is 53.2 Å². The summed E-state index contributed by atoms with van der Waals surface area (Å²) in [4.78, 5) is 37.0. The number of aliphatic imine (C=N–C) groups is 1. The first-order valence-electron chi connectivity index (χ1n) is 20.5. The van der Waals surface area contributed by atoms with Gasteiger partial charge in [-0.05, 0) is 125 Å². The van der Waals surface area contributed by atoms with Crippen LogP contribution in [0.1, 0.15) is 62.4 Å². The second-order valence-corrected chi connectivity index (χ2v) is 16.5. The molecule has 1 aromatic heterocycles. The third-order valence-electron chi connectivity index (χ3n) is 9.92. The van der Waals surface area contributed by atoms with Gasteiger partial charge in [0.25, 0.3) is 0 Å². The van der Waals surface area contributed by atoms with Crippen LogP contribution in [0.3, 0.4) is 0 Å². The van der Waals surface area contributed by atoms with E-state index in [0.717, 1.165) is 85.6 Å². The number of nitrogens with one attached hydrogen (secondary N) is 1. The summed E-state index contributed by atoms with van der Waals surface area (Å²) in [6.07, 6.45) is -2.18. The van der Waals surface area contributed by atoms with Gasteiger partial charge in [-0.3, -0.25) is 24.4 Å². The second-order valence-electron chi connectivity index (χ2n) is 14.6. The van der Waals surface area contributed by atoms with Crippen molar-refractivity contribution in [2.75, 3.05) is 68.9 Å². The minimum Gasteiger partial charge on any atom is -0.492 e. The van der Waals surface area contributed by atoms with Crippen LogP contribution in [0.25, 0.3) is 0 Å². The number of halogens is 7. The monoisotopic (exact) mass is 1000 g/mol. The molecule has 0 spiro atoms. The van der Waals surface area contributed by atoms with Crippen LogP contribution in [0.5, 0.6) is 11.5 Å². The first-order chi connectivity index (χ1) is 31.1. The topological polar surface area (TPSA) is 122 Å². The van der Waals surface area contributed by atoms with Crippen molar-refractivity contribution in [2.24, 2.45) is 4.99 Å². The number of nitrogen functional groups attached to an aromatic ring is 1. The molecule has 4 aromatic carbocycles. The summed E-state index contributed by atoms with van der Waals surface area (Å²) in [6, 6.07) is 23.7. The van der Waals surface area contributed by atoms with Gasteiger partial charge in [0.05, 0.1) is 22.1 Å². The molecule has 3 heterocycles. The first kappa shape index (κ1) is 50.8. The van der Waals surface area contributed by atoms with E-state index < -0.39 is 29.3 Å². The molecule has 0 atom stereocenters. The highest BCUT2D eigenvalue weighted by molar-refractivity contribution is 9.09. The predicted molar refractivity (Wildman–Crippen MR) is 251 cm³/mol. The zero-order valence-electron chi connectivity index (χ0n) is 35.0. The first-order valence-corrected chi connectivity index (χ1v) is 22.9. The molecule has 5 aromatic rings. The largest absolute Gasteiger partial charge is 0.492 e. The maximum Gasteiger partial charge on any atom is 0.416 e. The Balaban J connectivity index is 0.000000207. The molecule has 65 heavy (non-hydrogen) atoms. The van der Waals surface area contributed by atoms with Crippen molar-refractivity contribution in [1.82, 2.24) is 14.8 Å². The predicted octanol–water partition coefficient (Wildman–Crippen LogP) is 11.3. The number of likely N-dealkylation sites (tertiary alicyclic amines) is 2. The number of thiocarbonyl (C=S) groups is 1. The van der Waals surface area contributed by atoms with Gasteiger partial charge in [0, 0.05) is 41.5 Å². The van der Waals surface area contributed by atoms with Gasteiger partial charge in [0.2, 0.25) is 5.78 Å². The molecule has 2 saturated heterocycles. The number of ketones is 2. The number of nitrogens with two attached hydrogens (primary N) is 1. The fourth-order valence-corrected chi connectivity index (χ4v) is 7.81. The van der Waals surface area contributed by atoms with E-state index in [0.29, 0.717) is 17.4 Å². The highest BCUT2D eigenvalue weighted by atomic mass is 79.9. The van der Waals surface area contributed by atoms with E-state index in [1.54, 1.807) is 6.21 Å². The number of hydrogen-bond donors (Lipinski definition) is 2. The fraction of sp³-hybridized carbons (Fsp3) is 0.326. The summed E-state index contributed by atoms with van der Waals surface area (Å²) in [5, 5.41) is 4.96. The molecule has 2 fully saturated rings. The SMILES string of the molecule is Nc1nc(Nc2ccc(OCCN3CCCC3)cc2)sc1C(=O)c1cccc(C(F)(F)F)c1.O=C(CBr)c1cccc(C(F)(F)F)c1.S=CC=Nc1ccc(OCCN2CCCC2)cc1. The maximum absolute atomic E-state index is 13.0. The summed E-state index contributed by atoms with van der Waals surface area (Å²) in [7, 11) is 0. The van der Waals surface area contributed by atoms with E-state index in [1.165, 1.54) is 68.4 Å². The van der Waals surface area contributed by atoms with Gasteiger partial charge in [-0.2, -0.15) is 26.3 Å². The van der Waals surface area contributed by atoms with Crippen LogP contribution in [-0.4, -0.2) is 95.7 Å². The number of carbonyl (C=O) groups is 2. The van der Waals surface area contributed by atoms with Gasteiger partial charge in [0.1, 0.15) is 35.4 Å². The average Bonchev–Trinajstić information content (AvgIpc) is 4.10. The summed E-state index contributed by atoms with van der Waals surface area (Å²) in [5.74, 6) is 0.642. The minimum atomic E-state index is -4.54. The number of anilines is 3. The third-order valence-corrected chi connectivity index (χ3v) is 11.5. The standard InChI is InChI=1S/C23H23F3N4O2S.C14H18N2OS.C9H6BrF3O/c24-23(25,26)16-5-3-4-15(14-16)19(31)20-21(27)29-22(33-20)28-17-6-8-18(9-7-17)32-13-12-30-10-1-2-11-30;18-12-7-15-13-3-5-14(6-4-13)17-11-10-16-8-1-2-9-16;10-5-8(14)6-2-1-3-7(4-6)9(11,12)13/h3-9,14H,1-2,10-13,27H2,(H,28,29);3-7,12H,1-2,8-11H2;1-4H,5H2. The highest BCUT2D eigenvalue weighted by Gasteiger charge is 2.32. The molecule has 2 aliphatic heterocycles. The van der Waals surface area contributed by atoms with E-state index >= 15 is 0 Å². The van der Waals surface area contributed by atoms with Gasteiger partial charge in [-0.15, -0.1) is 0 Å². The number of Topliss-reactive ketones (excluding diaryl/α,β-unsaturated/α-hetero) is 1.